The van der Waals surface area contributed by atoms with Crippen LogP contribution in [-0.4, -0.2) is 34.7 Å². The van der Waals surface area contributed by atoms with Gasteiger partial charge in [0.05, 0.1) is 6.07 Å². The second kappa shape index (κ2) is 4.56. The fraction of sp³-hybridized carbons (Fsp3) is 0.611. The van der Waals surface area contributed by atoms with Gasteiger partial charge < -0.3 is 5.11 Å². The molecule has 2 fully saturated rings. The van der Waals surface area contributed by atoms with E-state index in [0.29, 0.717) is 0 Å². The van der Waals surface area contributed by atoms with E-state index in [0.717, 1.165) is 57.2 Å². The molecule has 0 aromatic heterocycles. The Hall–Kier alpha value is -1.37. The van der Waals surface area contributed by atoms with Crippen LogP contribution < -0.4 is 0 Å². The number of nitriles is 1. The van der Waals surface area contributed by atoms with Crippen LogP contribution in [0.4, 0.5) is 0 Å². The molecule has 3 nitrogen and oxygen atoms in total. The molecular formula is C18H22N2O. The summed E-state index contributed by atoms with van der Waals surface area (Å²) in [5.41, 5.74) is 0.755. The van der Waals surface area contributed by atoms with Crippen LogP contribution in [0.25, 0.3) is 0 Å². The maximum absolute atomic E-state index is 11.6. The van der Waals surface area contributed by atoms with Crippen molar-refractivity contribution < 1.29 is 5.11 Å². The Morgan fingerprint density at radius 3 is 2.90 bits per heavy atom. The summed E-state index contributed by atoms with van der Waals surface area (Å²) in [6.45, 7) is 2.02. The summed E-state index contributed by atoms with van der Waals surface area (Å²) in [5, 5.41) is 21.7. The first kappa shape index (κ1) is 13.3. The second-order valence-electron chi connectivity index (χ2n) is 6.90. The van der Waals surface area contributed by atoms with Gasteiger partial charge >= 0.3 is 0 Å². The Morgan fingerprint density at radius 1 is 1.19 bits per heavy atom. The zero-order valence-electron chi connectivity index (χ0n) is 12.4. The molecule has 0 bridgehead atoms. The molecule has 21 heavy (non-hydrogen) atoms. The van der Waals surface area contributed by atoms with Crippen LogP contribution in [0.15, 0.2) is 24.3 Å². The lowest BCUT2D eigenvalue weighted by Gasteiger charge is -2.47. The van der Waals surface area contributed by atoms with Gasteiger partial charge in [-0.15, -0.1) is 0 Å². The van der Waals surface area contributed by atoms with Crippen molar-refractivity contribution in [3.63, 3.8) is 0 Å². The minimum atomic E-state index is -0.880. The SMILES string of the molecule is N#CC1(C2(O)CCN3CCCC32)CCCc2ccccc21. The number of aliphatic hydroxyl groups is 1. The highest BCUT2D eigenvalue weighted by Gasteiger charge is 2.62. The highest BCUT2D eigenvalue weighted by Crippen LogP contribution is 2.52. The van der Waals surface area contributed by atoms with Crippen molar-refractivity contribution in [3.8, 4) is 6.07 Å². The Bertz CT molecular complexity index is 607. The van der Waals surface area contributed by atoms with Crippen LogP contribution in [-0.2, 0) is 11.8 Å². The third-order valence-electron chi connectivity index (χ3n) is 6.10. The minimum Gasteiger partial charge on any atom is -0.386 e. The Balaban J connectivity index is 1.87. The van der Waals surface area contributed by atoms with Gasteiger partial charge in [0, 0.05) is 12.6 Å². The summed E-state index contributed by atoms with van der Waals surface area (Å²) < 4.78 is 0. The normalized spacial score (nSPS) is 38.8. The van der Waals surface area contributed by atoms with Gasteiger partial charge in [-0.25, -0.2) is 0 Å². The summed E-state index contributed by atoms with van der Waals surface area (Å²) in [4.78, 5) is 2.40. The molecule has 1 aromatic rings. The van der Waals surface area contributed by atoms with Crippen molar-refractivity contribution in [2.75, 3.05) is 13.1 Å². The number of aryl methyl sites for hydroxylation is 1. The minimum absolute atomic E-state index is 0.170. The monoisotopic (exact) mass is 282 g/mol. The summed E-state index contributed by atoms with van der Waals surface area (Å²) in [6.07, 6.45) is 5.74. The van der Waals surface area contributed by atoms with Gasteiger partial charge in [0.15, 0.2) is 0 Å². The van der Waals surface area contributed by atoms with Gasteiger partial charge in [0.25, 0.3) is 0 Å². The predicted molar refractivity (Wildman–Crippen MR) is 80.8 cm³/mol. The third kappa shape index (κ3) is 1.61. The second-order valence-corrected chi connectivity index (χ2v) is 6.90. The molecule has 110 valence electrons. The standard InChI is InChI=1S/C18H22N2O/c19-13-17(9-3-6-14-5-1-2-7-15(14)17)18(21)10-12-20-11-4-8-16(18)20/h1-2,5,7,16,21H,3-4,6,8-12H2. The molecule has 0 amide bonds. The zero-order chi connectivity index (χ0) is 14.5. The molecule has 3 heteroatoms. The van der Waals surface area contributed by atoms with Gasteiger partial charge in [-0.3, -0.25) is 4.90 Å². The topological polar surface area (TPSA) is 47.3 Å². The van der Waals surface area contributed by atoms with Crippen LogP contribution in [0.1, 0.15) is 43.2 Å². The third-order valence-corrected chi connectivity index (χ3v) is 6.10. The van der Waals surface area contributed by atoms with Gasteiger partial charge in [-0.2, -0.15) is 5.26 Å². The first-order chi connectivity index (χ1) is 10.2. The summed E-state index contributed by atoms with van der Waals surface area (Å²) in [7, 11) is 0. The number of rotatable bonds is 1. The molecule has 2 saturated heterocycles. The molecule has 0 radical (unpaired) electrons. The average molecular weight is 282 g/mol. The van der Waals surface area contributed by atoms with Crippen molar-refractivity contribution in [2.45, 2.75) is 55.6 Å². The predicted octanol–water partition coefficient (Wildman–Crippen LogP) is 2.38. The summed E-state index contributed by atoms with van der Waals surface area (Å²) >= 11 is 0. The summed E-state index contributed by atoms with van der Waals surface area (Å²) in [5.74, 6) is 0. The molecule has 0 spiro atoms. The molecule has 3 atom stereocenters. The molecular weight excluding hydrogens is 260 g/mol. The largest absolute Gasteiger partial charge is 0.386 e. The van der Waals surface area contributed by atoms with Crippen molar-refractivity contribution in [3.05, 3.63) is 35.4 Å². The quantitative estimate of drug-likeness (QED) is 0.860. The van der Waals surface area contributed by atoms with E-state index in [9.17, 15) is 10.4 Å². The first-order valence-electron chi connectivity index (χ1n) is 8.17. The Labute approximate surface area is 126 Å². The molecule has 1 aliphatic carbocycles. The highest BCUT2D eigenvalue weighted by atomic mass is 16.3. The molecule has 2 aliphatic heterocycles. The fourth-order valence-electron chi connectivity index (χ4n) is 5.11. The van der Waals surface area contributed by atoms with Crippen LogP contribution in [0, 0.1) is 11.3 Å². The highest BCUT2D eigenvalue weighted by molar-refractivity contribution is 5.46. The van der Waals surface area contributed by atoms with Crippen molar-refractivity contribution in [2.24, 2.45) is 0 Å². The van der Waals surface area contributed by atoms with E-state index < -0.39 is 11.0 Å². The fourth-order valence-corrected chi connectivity index (χ4v) is 5.11. The van der Waals surface area contributed by atoms with E-state index >= 15 is 0 Å². The van der Waals surface area contributed by atoms with Crippen molar-refractivity contribution >= 4 is 0 Å². The lowest BCUT2D eigenvalue weighted by molar-refractivity contribution is -0.0447. The zero-order valence-corrected chi connectivity index (χ0v) is 12.4. The molecule has 4 rings (SSSR count). The van der Waals surface area contributed by atoms with E-state index in [2.05, 4.69) is 23.1 Å². The van der Waals surface area contributed by atoms with Crippen LogP contribution >= 0.6 is 0 Å². The van der Waals surface area contributed by atoms with Crippen LogP contribution in [0.2, 0.25) is 0 Å². The Kier molecular flexibility index (Phi) is 2.89. The van der Waals surface area contributed by atoms with E-state index in [1.807, 2.05) is 12.1 Å². The van der Waals surface area contributed by atoms with Crippen molar-refractivity contribution in [1.82, 2.24) is 4.90 Å². The molecule has 0 saturated carbocycles. The number of fused-ring (bicyclic) bond motifs is 2. The first-order valence-corrected chi connectivity index (χ1v) is 8.17. The van der Waals surface area contributed by atoms with Gasteiger partial charge in [0.1, 0.15) is 11.0 Å². The summed E-state index contributed by atoms with van der Waals surface area (Å²) in [6, 6.07) is 11.0. The van der Waals surface area contributed by atoms with Crippen LogP contribution in [0.5, 0.6) is 0 Å². The van der Waals surface area contributed by atoms with E-state index in [-0.39, 0.29) is 6.04 Å². The maximum atomic E-state index is 11.6. The molecule has 3 aliphatic rings. The number of hydrogen-bond acceptors (Lipinski definition) is 3. The number of nitrogens with zero attached hydrogens (tertiary/aromatic N) is 2. The molecule has 1 aromatic carbocycles. The van der Waals surface area contributed by atoms with Crippen molar-refractivity contribution in [1.29, 1.82) is 5.26 Å². The lowest BCUT2D eigenvalue weighted by atomic mass is 9.58. The molecule has 2 heterocycles. The van der Waals surface area contributed by atoms with Gasteiger partial charge in [0.2, 0.25) is 0 Å². The van der Waals surface area contributed by atoms with E-state index in [4.69, 9.17) is 0 Å². The van der Waals surface area contributed by atoms with E-state index in [1.165, 1.54) is 5.56 Å². The number of benzene rings is 1. The average Bonchev–Trinajstić information content (AvgIpc) is 3.11. The van der Waals surface area contributed by atoms with Gasteiger partial charge in [-0.1, -0.05) is 24.3 Å². The van der Waals surface area contributed by atoms with Gasteiger partial charge in [-0.05, 0) is 56.2 Å². The van der Waals surface area contributed by atoms with Crippen LogP contribution in [0.3, 0.4) is 0 Å². The smallest absolute Gasteiger partial charge is 0.113 e. The maximum Gasteiger partial charge on any atom is 0.113 e. The number of hydrogen-bond donors (Lipinski definition) is 1. The molecule has 3 unspecified atom stereocenters. The lowest BCUT2D eigenvalue weighted by Crippen LogP contribution is -2.58. The molecule has 1 N–H and O–H groups in total. The Morgan fingerprint density at radius 2 is 2.05 bits per heavy atom. The van der Waals surface area contributed by atoms with E-state index in [1.54, 1.807) is 0 Å².